The molecule has 0 fully saturated rings. The van der Waals surface area contributed by atoms with Gasteiger partial charge in [-0.25, -0.2) is 4.98 Å². The second-order valence-electron chi connectivity index (χ2n) is 6.77. The third-order valence-corrected chi connectivity index (χ3v) is 5.04. The molecule has 1 aliphatic heterocycles. The van der Waals surface area contributed by atoms with E-state index < -0.39 is 0 Å². The second kappa shape index (κ2) is 7.16. The van der Waals surface area contributed by atoms with E-state index >= 15 is 0 Å². The molecule has 26 heavy (non-hydrogen) atoms. The van der Waals surface area contributed by atoms with Crippen LogP contribution in [0, 0.1) is 0 Å². The van der Waals surface area contributed by atoms with E-state index in [9.17, 15) is 9.90 Å². The summed E-state index contributed by atoms with van der Waals surface area (Å²) in [6, 6.07) is 17.3. The summed E-state index contributed by atoms with van der Waals surface area (Å²) >= 11 is 0. The molecule has 2 heterocycles. The highest BCUT2D eigenvalue weighted by Gasteiger charge is 2.21. The van der Waals surface area contributed by atoms with Gasteiger partial charge in [0.15, 0.2) is 0 Å². The van der Waals surface area contributed by atoms with Crippen molar-refractivity contribution in [1.82, 2.24) is 9.55 Å². The number of hydrogen-bond acceptors (Lipinski definition) is 3. The molecule has 0 spiro atoms. The molecule has 4 heteroatoms. The van der Waals surface area contributed by atoms with Crippen molar-refractivity contribution in [2.24, 2.45) is 0 Å². The Kier molecular flexibility index (Phi) is 4.57. The largest absolute Gasteiger partial charge is 0.507 e. The van der Waals surface area contributed by atoms with Crippen molar-refractivity contribution in [3.63, 3.8) is 0 Å². The molecule has 2 aromatic carbocycles. The van der Waals surface area contributed by atoms with E-state index in [1.165, 1.54) is 5.56 Å². The first-order chi connectivity index (χ1) is 12.7. The van der Waals surface area contributed by atoms with Gasteiger partial charge in [0.05, 0.1) is 5.69 Å². The number of phenolic OH excluding ortho intramolecular Hbond substituents is 1. The number of aryl methyl sites for hydroxylation is 2. The fourth-order valence-corrected chi connectivity index (χ4v) is 3.65. The van der Waals surface area contributed by atoms with Crippen LogP contribution in [0.1, 0.15) is 29.8 Å². The van der Waals surface area contributed by atoms with Crippen molar-refractivity contribution in [1.29, 1.82) is 0 Å². The number of fused-ring (bicyclic) bond motifs is 1. The minimum absolute atomic E-state index is 0.0453. The van der Waals surface area contributed by atoms with Gasteiger partial charge in [-0.1, -0.05) is 42.5 Å². The Morgan fingerprint density at radius 1 is 0.962 bits per heavy atom. The highest BCUT2D eigenvalue weighted by molar-refractivity contribution is 5.69. The molecule has 4 nitrogen and oxygen atoms in total. The first kappa shape index (κ1) is 16.6. The summed E-state index contributed by atoms with van der Waals surface area (Å²) < 4.78 is 1.83. The van der Waals surface area contributed by atoms with E-state index in [2.05, 4.69) is 12.1 Å². The Bertz CT molecular complexity index is 977. The average Bonchev–Trinajstić information content (AvgIpc) is 2.68. The van der Waals surface area contributed by atoms with Crippen molar-refractivity contribution >= 4 is 0 Å². The maximum Gasteiger partial charge on any atom is 0.257 e. The van der Waals surface area contributed by atoms with Crippen LogP contribution in [0.2, 0.25) is 0 Å². The lowest BCUT2D eigenvalue weighted by Crippen LogP contribution is -2.32. The fourth-order valence-electron chi connectivity index (χ4n) is 3.65. The molecule has 0 bridgehead atoms. The lowest BCUT2D eigenvalue weighted by atomic mass is 9.99. The highest BCUT2D eigenvalue weighted by Crippen LogP contribution is 2.30. The van der Waals surface area contributed by atoms with Crippen molar-refractivity contribution in [2.75, 3.05) is 0 Å². The Balaban J connectivity index is 1.82. The predicted octanol–water partition coefficient (Wildman–Crippen LogP) is 3.74. The monoisotopic (exact) mass is 346 g/mol. The topological polar surface area (TPSA) is 55.1 Å². The van der Waals surface area contributed by atoms with Gasteiger partial charge in [-0.3, -0.25) is 9.36 Å². The van der Waals surface area contributed by atoms with Crippen LogP contribution in [0.4, 0.5) is 0 Å². The Morgan fingerprint density at radius 3 is 2.54 bits per heavy atom. The minimum atomic E-state index is 0.0453. The van der Waals surface area contributed by atoms with Gasteiger partial charge in [0.2, 0.25) is 0 Å². The maximum absolute atomic E-state index is 13.2. The molecule has 0 amide bonds. The normalized spacial score (nSPS) is 13.4. The molecule has 0 saturated carbocycles. The molecule has 4 rings (SSSR count). The number of aromatic nitrogens is 2. The molecule has 0 aliphatic carbocycles. The minimum Gasteiger partial charge on any atom is -0.507 e. The Morgan fingerprint density at radius 2 is 1.73 bits per heavy atom. The quantitative estimate of drug-likeness (QED) is 0.783. The number of rotatable bonds is 4. The molecule has 0 unspecified atom stereocenters. The van der Waals surface area contributed by atoms with Gasteiger partial charge in [-0.15, -0.1) is 0 Å². The lowest BCUT2D eigenvalue weighted by molar-refractivity contribution is 0.475. The number of phenols is 1. The number of hydrogen-bond donors (Lipinski definition) is 1. The van der Waals surface area contributed by atoms with E-state index in [0.29, 0.717) is 23.2 Å². The molecule has 3 aromatic rings. The molecule has 132 valence electrons. The third-order valence-electron chi connectivity index (χ3n) is 5.04. The summed E-state index contributed by atoms with van der Waals surface area (Å²) in [5.41, 5.74) is 3.21. The van der Waals surface area contributed by atoms with E-state index in [1.54, 1.807) is 12.1 Å². The smallest absolute Gasteiger partial charge is 0.257 e. The first-order valence-corrected chi connectivity index (χ1v) is 9.19. The van der Waals surface area contributed by atoms with Gasteiger partial charge in [-0.05, 0) is 43.4 Å². The van der Waals surface area contributed by atoms with Crippen molar-refractivity contribution in [2.45, 2.75) is 38.6 Å². The molecular formula is C22H22N2O2. The van der Waals surface area contributed by atoms with Gasteiger partial charge in [0.1, 0.15) is 11.6 Å². The highest BCUT2D eigenvalue weighted by atomic mass is 16.3. The predicted molar refractivity (Wildman–Crippen MR) is 102 cm³/mol. The zero-order chi connectivity index (χ0) is 17.9. The second-order valence-corrected chi connectivity index (χ2v) is 6.77. The molecule has 1 aromatic heterocycles. The summed E-state index contributed by atoms with van der Waals surface area (Å²) in [4.78, 5) is 18.0. The Labute approximate surface area is 152 Å². The van der Waals surface area contributed by atoms with Crippen LogP contribution in [0.3, 0.4) is 0 Å². The number of benzene rings is 2. The van der Waals surface area contributed by atoms with Crippen molar-refractivity contribution in [3.05, 3.63) is 81.9 Å². The standard InChI is InChI=1S/C22H22N2O2/c25-19-11-5-4-10-17(19)21-18(14-13-16-8-2-1-3-9-16)22(26)24-15-7-6-12-20(24)23-21/h1-5,8-11,25H,6-7,12-15H2. The van der Waals surface area contributed by atoms with E-state index in [0.717, 1.165) is 38.1 Å². The molecule has 1 aliphatic rings. The summed E-state index contributed by atoms with van der Waals surface area (Å²) in [7, 11) is 0. The van der Waals surface area contributed by atoms with Gasteiger partial charge in [0, 0.05) is 24.1 Å². The zero-order valence-corrected chi connectivity index (χ0v) is 14.7. The van der Waals surface area contributed by atoms with Gasteiger partial charge in [0.25, 0.3) is 5.56 Å². The first-order valence-electron chi connectivity index (χ1n) is 9.19. The van der Waals surface area contributed by atoms with E-state index in [4.69, 9.17) is 4.98 Å². The van der Waals surface area contributed by atoms with E-state index in [-0.39, 0.29) is 11.3 Å². The fraction of sp³-hybridized carbons (Fsp3) is 0.273. The summed E-state index contributed by atoms with van der Waals surface area (Å²) in [5.74, 6) is 1.00. The zero-order valence-electron chi connectivity index (χ0n) is 14.7. The lowest BCUT2D eigenvalue weighted by Gasteiger charge is -2.21. The number of aromatic hydroxyl groups is 1. The SMILES string of the molecule is O=c1c(CCc2ccccc2)c(-c2ccccc2O)nc2n1CCCC2. The third kappa shape index (κ3) is 3.15. The molecule has 0 atom stereocenters. The van der Waals surface area contributed by atoms with Crippen LogP contribution in [0.25, 0.3) is 11.3 Å². The Hall–Kier alpha value is -2.88. The van der Waals surface area contributed by atoms with Crippen LogP contribution in [-0.2, 0) is 25.8 Å². The summed E-state index contributed by atoms with van der Waals surface area (Å²) in [6.07, 6.45) is 4.27. The van der Waals surface area contributed by atoms with Crippen LogP contribution in [0.5, 0.6) is 5.75 Å². The van der Waals surface area contributed by atoms with Crippen molar-refractivity contribution < 1.29 is 5.11 Å². The number of nitrogens with zero attached hydrogens (tertiary/aromatic N) is 2. The van der Waals surface area contributed by atoms with Gasteiger partial charge in [-0.2, -0.15) is 0 Å². The van der Waals surface area contributed by atoms with Crippen LogP contribution in [-0.4, -0.2) is 14.7 Å². The van der Waals surface area contributed by atoms with Gasteiger partial charge >= 0.3 is 0 Å². The van der Waals surface area contributed by atoms with Gasteiger partial charge < -0.3 is 5.11 Å². The molecular weight excluding hydrogens is 324 g/mol. The molecule has 0 radical (unpaired) electrons. The number of para-hydroxylation sites is 1. The van der Waals surface area contributed by atoms with Crippen LogP contribution >= 0.6 is 0 Å². The molecule has 1 N–H and O–H groups in total. The van der Waals surface area contributed by atoms with Crippen molar-refractivity contribution in [3.8, 4) is 17.0 Å². The molecule has 0 saturated heterocycles. The van der Waals surface area contributed by atoms with E-state index in [1.807, 2.05) is 34.9 Å². The van der Waals surface area contributed by atoms with Crippen LogP contribution in [0.15, 0.2) is 59.4 Å². The summed E-state index contributed by atoms with van der Waals surface area (Å²) in [6.45, 7) is 0.737. The summed E-state index contributed by atoms with van der Waals surface area (Å²) in [5, 5.41) is 10.3. The average molecular weight is 346 g/mol. The van der Waals surface area contributed by atoms with Crippen LogP contribution < -0.4 is 5.56 Å². The maximum atomic E-state index is 13.2.